The Labute approximate surface area is 175 Å². The molecule has 0 aromatic heterocycles. The lowest BCUT2D eigenvalue weighted by atomic mass is 9.94. The molecule has 5 nitrogen and oxygen atoms in total. The van der Waals surface area contributed by atoms with E-state index in [9.17, 15) is 14.0 Å². The maximum atomic E-state index is 13.9. The Bertz CT molecular complexity index is 871. The van der Waals surface area contributed by atoms with Crippen LogP contribution >= 0.6 is 11.6 Å². The van der Waals surface area contributed by atoms with E-state index in [4.69, 9.17) is 17.3 Å². The van der Waals surface area contributed by atoms with E-state index in [1.807, 2.05) is 0 Å². The highest BCUT2D eigenvalue weighted by Crippen LogP contribution is 2.33. The topological polar surface area (TPSA) is 75.4 Å². The maximum Gasteiger partial charge on any atom is 0.248 e. The molecule has 1 atom stereocenters. The van der Waals surface area contributed by atoms with Crippen molar-refractivity contribution in [1.82, 2.24) is 5.32 Å². The molecule has 1 unspecified atom stereocenters. The molecular weight excluding hydrogens is 393 g/mol. The Balaban J connectivity index is 2.04. The molecule has 2 aromatic rings. The summed E-state index contributed by atoms with van der Waals surface area (Å²) >= 11 is 6.39. The van der Waals surface area contributed by atoms with Gasteiger partial charge in [0.2, 0.25) is 11.8 Å². The predicted octanol–water partition coefficient (Wildman–Crippen LogP) is 3.96. The van der Waals surface area contributed by atoms with Gasteiger partial charge in [0.05, 0.1) is 6.54 Å². The van der Waals surface area contributed by atoms with Crippen LogP contribution in [0, 0.1) is 5.82 Å². The number of nitrogens with two attached hydrogens (primary N) is 1. The van der Waals surface area contributed by atoms with Gasteiger partial charge >= 0.3 is 0 Å². The van der Waals surface area contributed by atoms with Crippen LogP contribution in [0.25, 0.3) is 0 Å². The number of halogens is 2. The van der Waals surface area contributed by atoms with Crippen molar-refractivity contribution < 1.29 is 14.0 Å². The van der Waals surface area contributed by atoms with E-state index >= 15 is 0 Å². The van der Waals surface area contributed by atoms with Gasteiger partial charge < -0.3 is 11.1 Å². The van der Waals surface area contributed by atoms with Gasteiger partial charge in [-0.05, 0) is 37.1 Å². The molecule has 3 N–H and O–H groups in total. The van der Waals surface area contributed by atoms with Crippen LogP contribution in [0.2, 0.25) is 5.02 Å². The van der Waals surface area contributed by atoms with Crippen molar-refractivity contribution in [3.63, 3.8) is 0 Å². The van der Waals surface area contributed by atoms with E-state index in [0.29, 0.717) is 10.6 Å². The van der Waals surface area contributed by atoms with E-state index in [2.05, 4.69) is 5.32 Å². The minimum absolute atomic E-state index is 0.0450. The number of benzene rings is 2. The number of anilines is 1. The molecule has 0 spiro atoms. The number of amides is 2. The number of nitrogens with one attached hydrogen (secondary N) is 1. The van der Waals surface area contributed by atoms with Crippen LogP contribution in [0.1, 0.15) is 43.7 Å². The zero-order valence-electron chi connectivity index (χ0n) is 16.1. The van der Waals surface area contributed by atoms with Crippen LogP contribution < -0.4 is 16.0 Å². The maximum absolute atomic E-state index is 13.9. The predicted molar refractivity (Wildman–Crippen MR) is 112 cm³/mol. The minimum atomic E-state index is -1.05. The van der Waals surface area contributed by atoms with Crippen LogP contribution in [0.4, 0.5) is 10.1 Å². The smallest absolute Gasteiger partial charge is 0.248 e. The Morgan fingerprint density at radius 2 is 1.86 bits per heavy atom. The lowest BCUT2D eigenvalue weighted by Gasteiger charge is -2.33. The normalized spacial score (nSPS) is 15.6. The summed E-state index contributed by atoms with van der Waals surface area (Å²) in [4.78, 5) is 27.4. The summed E-state index contributed by atoms with van der Waals surface area (Å²) in [5, 5.41) is 3.41. The molecule has 0 aliphatic heterocycles. The molecule has 1 fully saturated rings. The van der Waals surface area contributed by atoms with Crippen LogP contribution in [0.15, 0.2) is 48.5 Å². The largest absolute Gasteiger partial charge is 0.351 e. The molecule has 0 radical (unpaired) electrons. The summed E-state index contributed by atoms with van der Waals surface area (Å²) in [7, 11) is 0. The van der Waals surface area contributed by atoms with Gasteiger partial charge in [0, 0.05) is 22.3 Å². The molecular formula is C22H25ClFN3O2. The Kier molecular flexibility index (Phi) is 7.23. The van der Waals surface area contributed by atoms with Crippen LogP contribution in [-0.2, 0) is 9.59 Å². The standard InChI is InChI=1S/C22H25ClFN3O2/c23-19-12-5-4-11-18(19)21(22(29)26-16-8-2-1-3-9-16)27(20(28)14-25)17-10-6-7-15(24)13-17/h4-7,10-13,16,21H,1-3,8-9,14,25H2,(H,26,29). The summed E-state index contributed by atoms with van der Waals surface area (Å²) in [5.74, 6) is -1.36. The summed E-state index contributed by atoms with van der Waals surface area (Å²) in [6.07, 6.45) is 5.05. The molecule has 2 aromatic carbocycles. The van der Waals surface area contributed by atoms with Crippen LogP contribution in [-0.4, -0.2) is 24.4 Å². The highest BCUT2D eigenvalue weighted by molar-refractivity contribution is 6.31. The molecule has 7 heteroatoms. The first-order valence-electron chi connectivity index (χ1n) is 9.83. The van der Waals surface area contributed by atoms with E-state index in [1.165, 1.54) is 23.1 Å². The molecule has 0 saturated heterocycles. The molecule has 0 bridgehead atoms. The summed E-state index contributed by atoms with van der Waals surface area (Å²) < 4.78 is 13.9. The highest BCUT2D eigenvalue weighted by atomic mass is 35.5. The van der Waals surface area contributed by atoms with Gasteiger partial charge in [-0.25, -0.2) is 4.39 Å². The number of rotatable bonds is 6. The molecule has 1 saturated carbocycles. The SMILES string of the molecule is NCC(=O)N(c1cccc(F)c1)C(C(=O)NC1CCCCC1)c1ccccc1Cl. The fourth-order valence-corrected chi connectivity index (χ4v) is 4.02. The van der Waals surface area contributed by atoms with Gasteiger partial charge in [0.15, 0.2) is 0 Å². The van der Waals surface area contributed by atoms with Gasteiger partial charge in [-0.15, -0.1) is 0 Å². The lowest BCUT2D eigenvalue weighted by Crippen LogP contribution is -2.49. The van der Waals surface area contributed by atoms with Crippen LogP contribution in [0.5, 0.6) is 0 Å². The van der Waals surface area contributed by atoms with Crippen molar-refractivity contribution in [2.75, 3.05) is 11.4 Å². The first-order chi connectivity index (χ1) is 14.0. The van der Waals surface area contributed by atoms with E-state index in [-0.39, 0.29) is 24.2 Å². The number of carbonyl (C=O) groups is 2. The third-order valence-corrected chi connectivity index (χ3v) is 5.53. The Morgan fingerprint density at radius 3 is 2.52 bits per heavy atom. The zero-order valence-corrected chi connectivity index (χ0v) is 16.9. The fourth-order valence-electron chi connectivity index (χ4n) is 3.78. The van der Waals surface area contributed by atoms with Gasteiger partial charge in [0.1, 0.15) is 11.9 Å². The highest BCUT2D eigenvalue weighted by Gasteiger charge is 2.34. The molecule has 0 heterocycles. The molecule has 29 heavy (non-hydrogen) atoms. The molecule has 3 rings (SSSR count). The molecule has 1 aliphatic rings. The third-order valence-electron chi connectivity index (χ3n) is 5.19. The lowest BCUT2D eigenvalue weighted by molar-refractivity contribution is -0.126. The van der Waals surface area contributed by atoms with Gasteiger partial charge in [-0.3, -0.25) is 14.5 Å². The quantitative estimate of drug-likeness (QED) is 0.746. The van der Waals surface area contributed by atoms with Gasteiger partial charge in [-0.1, -0.05) is 55.1 Å². The second-order valence-electron chi connectivity index (χ2n) is 7.22. The molecule has 154 valence electrons. The van der Waals surface area contributed by atoms with Crippen molar-refractivity contribution in [2.45, 2.75) is 44.2 Å². The minimum Gasteiger partial charge on any atom is -0.351 e. The van der Waals surface area contributed by atoms with E-state index in [1.54, 1.807) is 30.3 Å². The second kappa shape index (κ2) is 9.85. The summed E-state index contributed by atoms with van der Waals surface area (Å²) in [6.45, 7) is -0.325. The monoisotopic (exact) mass is 417 g/mol. The molecule has 1 aliphatic carbocycles. The number of nitrogens with zero attached hydrogens (tertiary/aromatic N) is 1. The van der Waals surface area contributed by atoms with Crippen molar-refractivity contribution in [3.05, 3.63) is 64.9 Å². The van der Waals surface area contributed by atoms with Gasteiger partial charge in [0.25, 0.3) is 0 Å². The Hall–Kier alpha value is -2.44. The van der Waals surface area contributed by atoms with Crippen molar-refractivity contribution in [3.8, 4) is 0 Å². The van der Waals surface area contributed by atoms with Crippen molar-refractivity contribution in [1.29, 1.82) is 0 Å². The van der Waals surface area contributed by atoms with Crippen molar-refractivity contribution in [2.24, 2.45) is 5.73 Å². The van der Waals surface area contributed by atoms with Crippen LogP contribution in [0.3, 0.4) is 0 Å². The summed E-state index contributed by atoms with van der Waals surface area (Å²) in [6, 6.07) is 11.4. The first kappa shape index (κ1) is 21.3. The summed E-state index contributed by atoms with van der Waals surface area (Å²) in [5.41, 5.74) is 6.36. The van der Waals surface area contributed by atoms with Gasteiger partial charge in [-0.2, -0.15) is 0 Å². The number of carbonyl (C=O) groups excluding carboxylic acids is 2. The first-order valence-corrected chi connectivity index (χ1v) is 10.2. The van der Waals surface area contributed by atoms with E-state index < -0.39 is 17.8 Å². The fraction of sp³-hybridized carbons (Fsp3) is 0.364. The van der Waals surface area contributed by atoms with Crippen molar-refractivity contribution >= 4 is 29.1 Å². The second-order valence-corrected chi connectivity index (χ2v) is 7.62. The number of hydrogen-bond acceptors (Lipinski definition) is 3. The van der Waals surface area contributed by atoms with E-state index in [0.717, 1.165) is 32.1 Å². The average Bonchev–Trinajstić information content (AvgIpc) is 2.73. The Morgan fingerprint density at radius 1 is 1.14 bits per heavy atom. The third kappa shape index (κ3) is 5.14. The zero-order chi connectivity index (χ0) is 20.8. The molecule has 2 amide bonds. The number of hydrogen-bond donors (Lipinski definition) is 2. The average molecular weight is 418 g/mol.